The van der Waals surface area contributed by atoms with E-state index in [1.165, 1.54) is 0 Å². The van der Waals surface area contributed by atoms with Crippen molar-refractivity contribution in [1.82, 2.24) is 19.7 Å². The average molecular weight is 520 g/mol. The first-order chi connectivity index (χ1) is 19.1. The number of imidazole rings is 1. The Labute approximate surface area is 224 Å². The monoisotopic (exact) mass is 519 g/mol. The molecular formula is C29H25N7O3. The second-order valence-corrected chi connectivity index (χ2v) is 9.02. The highest BCUT2D eigenvalue weighted by molar-refractivity contribution is 6.17. The van der Waals surface area contributed by atoms with Crippen LogP contribution in [0.4, 0.5) is 11.7 Å². The highest BCUT2D eigenvalue weighted by Gasteiger charge is 2.23. The van der Waals surface area contributed by atoms with Crippen LogP contribution in [0.3, 0.4) is 0 Å². The number of para-hydroxylation sites is 1. The van der Waals surface area contributed by atoms with Crippen LogP contribution in [0, 0.1) is 6.92 Å². The van der Waals surface area contributed by atoms with Gasteiger partial charge in [-0.1, -0.05) is 53.6 Å². The fourth-order valence-electron chi connectivity index (χ4n) is 4.47. The maximum Gasteiger partial charge on any atom is 0.317 e. The Morgan fingerprint density at radius 3 is 2.64 bits per heavy atom. The number of ether oxygens (including phenoxy) is 1. The molecule has 5 aromatic rings. The number of nitrogens with zero attached hydrogens (tertiary/aromatic N) is 5. The van der Waals surface area contributed by atoms with Gasteiger partial charge in [-0.3, -0.25) is 9.79 Å². The van der Waals surface area contributed by atoms with Crippen molar-refractivity contribution < 1.29 is 13.9 Å². The van der Waals surface area contributed by atoms with Crippen molar-refractivity contribution in [1.29, 1.82) is 0 Å². The number of rotatable bonds is 6. The van der Waals surface area contributed by atoms with Crippen LogP contribution >= 0.6 is 0 Å². The first-order valence-corrected chi connectivity index (χ1v) is 12.4. The molecule has 0 fully saturated rings. The number of benzene rings is 3. The number of hydrogen-bond acceptors (Lipinski definition) is 8. The zero-order valence-corrected chi connectivity index (χ0v) is 21.3. The van der Waals surface area contributed by atoms with Crippen molar-refractivity contribution in [3.05, 3.63) is 102 Å². The minimum Gasteiger partial charge on any atom is -0.495 e. The molecule has 3 heterocycles. The van der Waals surface area contributed by atoms with Gasteiger partial charge in [0.15, 0.2) is 0 Å². The van der Waals surface area contributed by atoms with E-state index in [1.54, 1.807) is 13.4 Å². The van der Waals surface area contributed by atoms with Crippen LogP contribution in [0.15, 0.2) is 94.7 Å². The summed E-state index contributed by atoms with van der Waals surface area (Å²) in [6.45, 7) is 1.93. The summed E-state index contributed by atoms with van der Waals surface area (Å²) in [5, 5.41) is 14.5. The molecular weight excluding hydrogens is 494 g/mol. The zero-order valence-electron chi connectivity index (χ0n) is 21.3. The molecule has 1 aliphatic heterocycles. The van der Waals surface area contributed by atoms with Crippen LogP contribution in [-0.4, -0.2) is 44.6 Å². The minimum absolute atomic E-state index is 0.0786. The molecule has 2 aromatic heterocycles. The normalized spacial score (nSPS) is 15.0. The number of aromatic nitrogens is 4. The van der Waals surface area contributed by atoms with E-state index in [0.717, 1.165) is 28.2 Å². The quantitative estimate of drug-likeness (QED) is 0.329. The summed E-state index contributed by atoms with van der Waals surface area (Å²) >= 11 is 0. The number of nitrogens with one attached hydrogen (secondary N) is 2. The van der Waals surface area contributed by atoms with Crippen molar-refractivity contribution in [2.24, 2.45) is 4.99 Å². The van der Waals surface area contributed by atoms with Crippen LogP contribution < -0.4 is 15.4 Å². The van der Waals surface area contributed by atoms with E-state index >= 15 is 0 Å². The Morgan fingerprint density at radius 2 is 1.85 bits per heavy atom. The molecule has 1 atom stereocenters. The van der Waals surface area contributed by atoms with Crippen molar-refractivity contribution in [3.63, 3.8) is 0 Å². The minimum atomic E-state index is -0.636. The molecule has 1 unspecified atom stereocenters. The summed E-state index contributed by atoms with van der Waals surface area (Å²) in [6.07, 6.45) is 3.09. The number of anilines is 2. The summed E-state index contributed by atoms with van der Waals surface area (Å²) in [5.74, 6) is 0.757. The predicted octanol–water partition coefficient (Wildman–Crippen LogP) is 4.86. The predicted molar refractivity (Wildman–Crippen MR) is 147 cm³/mol. The number of hydrogen-bond donors (Lipinski definition) is 2. The van der Waals surface area contributed by atoms with Gasteiger partial charge < -0.3 is 24.4 Å². The van der Waals surface area contributed by atoms with Gasteiger partial charge in [0.1, 0.15) is 11.9 Å². The van der Waals surface area contributed by atoms with Crippen molar-refractivity contribution in [2.75, 3.05) is 17.7 Å². The van der Waals surface area contributed by atoms with E-state index in [0.29, 0.717) is 22.9 Å². The number of aryl methyl sites for hydroxylation is 1. The maximum absolute atomic E-state index is 12.8. The molecule has 1 aliphatic rings. The number of aliphatic imine (C=N–C) groups is 1. The van der Waals surface area contributed by atoms with Gasteiger partial charge in [-0.25, -0.2) is 4.98 Å². The molecule has 1 amide bonds. The molecule has 2 N–H and O–H groups in total. The fourth-order valence-corrected chi connectivity index (χ4v) is 4.47. The van der Waals surface area contributed by atoms with Gasteiger partial charge >= 0.3 is 6.01 Å². The standard InChI is InChI=1S/C29H25N7O3/c1-18-16-36(17-30-18)23-13-12-20(14-24(23)38-2)28-34-35-29(39-28)33-25-15-26(37)31-22-11-7-6-10-21(22)27(32-25)19-8-4-3-5-9-19/h3-14,16-17,25H,15H2,1-2H3,(H,31,37)(H,33,35). The third-order valence-corrected chi connectivity index (χ3v) is 6.30. The van der Waals surface area contributed by atoms with E-state index < -0.39 is 6.17 Å². The molecule has 0 saturated heterocycles. The molecule has 6 rings (SSSR count). The van der Waals surface area contributed by atoms with Gasteiger partial charge in [-0.2, -0.15) is 0 Å². The zero-order chi connectivity index (χ0) is 26.8. The largest absolute Gasteiger partial charge is 0.495 e. The molecule has 0 radical (unpaired) electrons. The summed E-state index contributed by atoms with van der Waals surface area (Å²) in [7, 11) is 1.60. The second kappa shape index (κ2) is 10.3. The smallest absolute Gasteiger partial charge is 0.317 e. The Hall–Kier alpha value is -5.25. The molecule has 3 aromatic carbocycles. The lowest BCUT2D eigenvalue weighted by Crippen LogP contribution is -2.29. The third-order valence-electron chi connectivity index (χ3n) is 6.30. The van der Waals surface area contributed by atoms with Gasteiger partial charge in [0.25, 0.3) is 0 Å². The van der Waals surface area contributed by atoms with Gasteiger partial charge in [0, 0.05) is 22.9 Å². The van der Waals surface area contributed by atoms with Gasteiger partial charge in [0.05, 0.1) is 42.6 Å². The Balaban J connectivity index is 1.31. The first-order valence-electron chi connectivity index (χ1n) is 12.4. The molecule has 39 heavy (non-hydrogen) atoms. The summed E-state index contributed by atoms with van der Waals surface area (Å²) in [5.41, 5.74) is 5.65. The van der Waals surface area contributed by atoms with Crippen LogP contribution in [0.1, 0.15) is 23.2 Å². The fraction of sp³-hybridized carbons (Fsp3) is 0.138. The Kier molecular flexibility index (Phi) is 6.34. The highest BCUT2D eigenvalue weighted by atomic mass is 16.5. The van der Waals surface area contributed by atoms with Crippen LogP contribution in [-0.2, 0) is 4.79 Å². The van der Waals surface area contributed by atoms with Crippen molar-refractivity contribution >= 4 is 23.3 Å². The van der Waals surface area contributed by atoms with Gasteiger partial charge in [-0.15, -0.1) is 5.10 Å². The number of carbonyl (C=O) groups excluding carboxylic acids is 1. The Bertz CT molecular complexity index is 1670. The van der Waals surface area contributed by atoms with Crippen LogP contribution in [0.25, 0.3) is 17.1 Å². The van der Waals surface area contributed by atoms with Crippen LogP contribution in [0.2, 0.25) is 0 Å². The summed E-state index contributed by atoms with van der Waals surface area (Å²) in [6, 6.07) is 23.2. The van der Waals surface area contributed by atoms with Crippen LogP contribution in [0.5, 0.6) is 5.75 Å². The van der Waals surface area contributed by atoms with Crippen molar-refractivity contribution in [2.45, 2.75) is 19.5 Å². The number of methoxy groups -OCH3 is 1. The molecule has 10 heteroatoms. The topological polar surface area (TPSA) is 119 Å². The van der Waals surface area contributed by atoms with Crippen molar-refractivity contribution in [3.8, 4) is 22.9 Å². The molecule has 0 bridgehead atoms. The van der Waals surface area contributed by atoms with E-state index in [4.69, 9.17) is 14.1 Å². The lowest BCUT2D eigenvalue weighted by atomic mass is 9.99. The first kappa shape index (κ1) is 24.1. The number of carbonyl (C=O) groups is 1. The van der Waals surface area contributed by atoms with E-state index in [2.05, 4.69) is 25.8 Å². The molecule has 10 nitrogen and oxygen atoms in total. The van der Waals surface area contributed by atoms with E-state index in [1.807, 2.05) is 90.5 Å². The second-order valence-electron chi connectivity index (χ2n) is 9.02. The lowest BCUT2D eigenvalue weighted by molar-refractivity contribution is -0.116. The van der Waals surface area contributed by atoms with Gasteiger partial charge in [-0.05, 0) is 31.2 Å². The summed E-state index contributed by atoms with van der Waals surface area (Å²) in [4.78, 5) is 22.0. The van der Waals surface area contributed by atoms with E-state index in [-0.39, 0.29) is 18.3 Å². The maximum atomic E-state index is 12.8. The number of fused-ring (bicyclic) bond motifs is 1. The molecule has 0 saturated carbocycles. The summed E-state index contributed by atoms with van der Waals surface area (Å²) < 4.78 is 13.4. The SMILES string of the molecule is COc1cc(-c2nnc(NC3CC(=O)Nc4ccccc4C(c4ccccc4)=N3)o2)ccc1-n1cnc(C)c1. The number of amides is 1. The molecule has 194 valence electrons. The van der Waals surface area contributed by atoms with Gasteiger partial charge in [0.2, 0.25) is 11.8 Å². The third kappa shape index (κ3) is 4.99. The lowest BCUT2D eigenvalue weighted by Gasteiger charge is -2.21. The molecule has 0 aliphatic carbocycles. The Morgan fingerprint density at radius 1 is 1.03 bits per heavy atom. The average Bonchev–Trinajstić information content (AvgIpc) is 3.60. The molecule has 0 spiro atoms. The highest BCUT2D eigenvalue weighted by Crippen LogP contribution is 2.30. The van der Waals surface area contributed by atoms with E-state index in [9.17, 15) is 4.79 Å².